The molecule has 4 heterocycles. The lowest BCUT2D eigenvalue weighted by Gasteiger charge is -2.59. The molecule has 0 unspecified atom stereocenters. The predicted molar refractivity (Wildman–Crippen MR) is 83.2 cm³/mol. The number of carbonyl (C=O) groups is 1. The Morgan fingerprint density at radius 1 is 1.17 bits per heavy atom. The van der Waals surface area contributed by atoms with E-state index in [2.05, 4.69) is 13.8 Å². The highest BCUT2D eigenvalue weighted by atomic mass is 17.3. The molecule has 0 radical (unpaired) electrons. The largest absolute Gasteiger partial charge is 0.435 e. The van der Waals surface area contributed by atoms with Crippen molar-refractivity contribution in [2.75, 3.05) is 0 Å². The zero-order valence-electron chi connectivity index (χ0n) is 14.9. The lowest BCUT2D eigenvalue weighted by molar-refractivity contribution is -0.576. The Balaban J connectivity index is 1.71. The van der Waals surface area contributed by atoms with Crippen LogP contribution in [0.15, 0.2) is 0 Å². The lowest BCUT2D eigenvalue weighted by atomic mass is 9.58. The minimum absolute atomic E-state index is 0.0430. The molecule has 136 valence electrons. The molecule has 4 saturated heterocycles. The van der Waals surface area contributed by atoms with Crippen LogP contribution in [0.4, 0.5) is 0 Å². The van der Waals surface area contributed by atoms with Crippen LogP contribution in [0.25, 0.3) is 0 Å². The smallest absolute Gasteiger partial charge is 0.307 e. The molecular weight excluding hydrogens is 312 g/mol. The zero-order valence-corrected chi connectivity index (χ0v) is 14.9. The Labute approximate surface area is 143 Å². The second-order valence-corrected chi connectivity index (χ2v) is 8.12. The molecule has 5 aliphatic rings. The summed E-state index contributed by atoms with van der Waals surface area (Å²) in [6.45, 7) is 8.05. The highest BCUT2D eigenvalue weighted by molar-refractivity contribution is 5.69. The molecule has 0 N–H and O–H groups in total. The topological polar surface area (TPSA) is 63.2 Å². The van der Waals surface area contributed by atoms with Crippen molar-refractivity contribution < 1.29 is 28.8 Å². The third kappa shape index (κ3) is 2.26. The van der Waals surface area contributed by atoms with Crippen molar-refractivity contribution >= 4 is 5.97 Å². The first-order chi connectivity index (χ1) is 11.4. The molecule has 0 aromatic heterocycles. The lowest BCUT2D eigenvalue weighted by Crippen LogP contribution is -2.70. The Morgan fingerprint density at radius 2 is 1.96 bits per heavy atom. The molecular formula is C18H28O6. The summed E-state index contributed by atoms with van der Waals surface area (Å²) in [6, 6.07) is 0. The second-order valence-electron chi connectivity index (χ2n) is 8.12. The molecule has 6 heteroatoms. The molecule has 6 nitrogen and oxygen atoms in total. The molecule has 0 aromatic carbocycles. The fourth-order valence-electron chi connectivity index (χ4n) is 5.22. The van der Waals surface area contributed by atoms with Crippen molar-refractivity contribution in [2.24, 2.45) is 23.7 Å². The summed E-state index contributed by atoms with van der Waals surface area (Å²) in [6.07, 6.45) is 3.13. The first kappa shape index (κ1) is 16.8. The molecule has 5 rings (SSSR count). The molecule has 1 spiro atoms. The number of ether oxygens (including phenoxy) is 3. The van der Waals surface area contributed by atoms with Gasteiger partial charge < -0.3 is 14.2 Å². The number of hydrogen-bond donors (Lipinski definition) is 0. The van der Waals surface area contributed by atoms with E-state index in [-0.39, 0.29) is 17.8 Å². The van der Waals surface area contributed by atoms with E-state index in [1.54, 1.807) is 6.92 Å². The van der Waals surface area contributed by atoms with Gasteiger partial charge in [-0.2, -0.15) is 0 Å². The standard InChI is InChI=1S/C18H28O6/c1-5-14(19)20-15-11(3)13-7-6-10(2)12-8-9-17(4)22-16(21-15)18(12,13)24-23-17/h10-13,15-16H,5-9H2,1-4H3/t10-,11-,12+,13+,15-,16-,17-,18-/m1/s1. The van der Waals surface area contributed by atoms with Gasteiger partial charge in [-0.1, -0.05) is 20.8 Å². The average Bonchev–Trinajstić information content (AvgIpc) is 2.78. The van der Waals surface area contributed by atoms with Crippen LogP contribution in [-0.4, -0.2) is 29.9 Å². The van der Waals surface area contributed by atoms with Gasteiger partial charge in [0.25, 0.3) is 0 Å². The molecule has 8 atom stereocenters. The predicted octanol–water partition coefficient (Wildman–Crippen LogP) is 3.15. The van der Waals surface area contributed by atoms with E-state index in [1.807, 2.05) is 6.92 Å². The minimum Gasteiger partial charge on any atom is -0.435 e. The van der Waals surface area contributed by atoms with Gasteiger partial charge in [0.2, 0.25) is 12.1 Å². The SMILES string of the molecule is CCC(=O)O[C@@H]1O[C@@H]2O[C@@]3(C)CC[C@H]4[C@H](C)CC[C@@H]([C@H]1C)[C@@]24OO3. The molecule has 1 aliphatic carbocycles. The van der Waals surface area contributed by atoms with E-state index in [4.69, 9.17) is 24.0 Å². The third-order valence-electron chi connectivity index (χ3n) is 6.63. The van der Waals surface area contributed by atoms with Crippen molar-refractivity contribution in [2.45, 2.75) is 83.8 Å². The first-order valence-corrected chi connectivity index (χ1v) is 9.29. The minimum atomic E-state index is -0.794. The first-order valence-electron chi connectivity index (χ1n) is 9.29. The fraction of sp³-hybridized carbons (Fsp3) is 0.944. The van der Waals surface area contributed by atoms with Crippen molar-refractivity contribution in [3.63, 3.8) is 0 Å². The Kier molecular flexibility index (Phi) is 3.95. The summed E-state index contributed by atoms with van der Waals surface area (Å²) in [7, 11) is 0. The molecule has 2 bridgehead atoms. The van der Waals surface area contributed by atoms with Crippen LogP contribution >= 0.6 is 0 Å². The van der Waals surface area contributed by atoms with Gasteiger partial charge in [0.05, 0.1) is 0 Å². The summed E-state index contributed by atoms with van der Waals surface area (Å²) < 4.78 is 17.9. The van der Waals surface area contributed by atoms with Crippen molar-refractivity contribution in [3.8, 4) is 0 Å². The molecule has 1 saturated carbocycles. The Hall–Kier alpha value is -0.690. The second kappa shape index (κ2) is 5.66. The number of esters is 1. The van der Waals surface area contributed by atoms with E-state index in [0.717, 1.165) is 25.7 Å². The Morgan fingerprint density at radius 3 is 2.71 bits per heavy atom. The van der Waals surface area contributed by atoms with E-state index >= 15 is 0 Å². The van der Waals surface area contributed by atoms with E-state index in [1.165, 1.54) is 0 Å². The summed E-state index contributed by atoms with van der Waals surface area (Å²) in [4.78, 5) is 23.6. The maximum atomic E-state index is 11.8. The Bertz CT molecular complexity index is 524. The van der Waals surface area contributed by atoms with Crippen molar-refractivity contribution in [1.29, 1.82) is 0 Å². The number of hydrogen-bond acceptors (Lipinski definition) is 6. The maximum absolute atomic E-state index is 11.8. The highest BCUT2D eigenvalue weighted by Crippen LogP contribution is 2.60. The van der Waals surface area contributed by atoms with E-state index in [0.29, 0.717) is 18.3 Å². The molecule has 24 heavy (non-hydrogen) atoms. The highest BCUT2D eigenvalue weighted by Gasteiger charge is 2.69. The van der Waals surface area contributed by atoms with Crippen molar-refractivity contribution in [3.05, 3.63) is 0 Å². The van der Waals surface area contributed by atoms with Crippen LogP contribution in [0.3, 0.4) is 0 Å². The fourth-order valence-corrected chi connectivity index (χ4v) is 5.22. The number of rotatable bonds is 2. The van der Waals surface area contributed by atoms with Gasteiger partial charge in [0.1, 0.15) is 0 Å². The van der Waals surface area contributed by atoms with Gasteiger partial charge in [0.15, 0.2) is 11.9 Å². The monoisotopic (exact) mass is 340 g/mol. The summed E-state index contributed by atoms with van der Waals surface area (Å²) in [5.41, 5.74) is -0.595. The van der Waals surface area contributed by atoms with Gasteiger partial charge in [0, 0.05) is 24.7 Å². The molecule has 0 aromatic rings. The summed E-state index contributed by atoms with van der Waals surface area (Å²) in [5, 5.41) is 0. The van der Waals surface area contributed by atoms with Crippen LogP contribution in [0.5, 0.6) is 0 Å². The zero-order chi connectivity index (χ0) is 17.1. The molecule has 4 aliphatic heterocycles. The van der Waals surface area contributed by atoms with Gasteiger partial charge in [-0.3, -0.25) is 4.79 Å². The average molecular weight is 340 g/mol. The normalized spacial score (nSPS) is 53.2. The van der Waals surface area contributed by atoms with E-state index < -0.39 is 24.0 Å². The van der Waals surface area contributed by atoms with Gasteiger partial charge >= 0.3 is 5.97 Å². The maximum Gasteiger partial charge on any atom is 0.307 e. The van der Waals surface area contributed by atoms with Gasteiger partial charge in [-0.05, 0) is 38.0 Å². The number of fused-ring (bicyclic) bond motifs is 2. The van der Waals surface area contributed by atoms with Gasteiger partial charge in [-0.25, -0.2) is 9.78 Å². The van der Waals surface area contributed by atoms with Crippen LogP contribution < -0.4 is 0 Å². The van der Waals surface area contributed by atoms with Crippen molar-refractivity contribution in [1.82, 2.24) is 0 Å². The molecule has 0 amide bonds. The van der Waals surface area contributed by atoms with E-state index in [9.17, 15) is 4.79 Å². The van der Waals surface area contributed by atoms with Crippen LogP contribution in [0, 0.1) is 23.7 Å². The number of carbonyl (C=O) groups excluding carboxylic acids is 1. The molecule has 5 fully saturated rings. The summed E-state index contributed by atoms with van der Waals surface area (Å²) in [5.74, 6) is 0.0527. The summed E-state index contributed by atoms with van der Waals surface area (Å²) >= 11 is 0. The van der Waals surface area contributed by atoms with Crippen LogP contribution in [0.1, 0.15) is 59.8 Å². The van der Waals surface area contributed by atoms with Gasteiger partial charge in [-0.15, -0.1) is 0 Å². The van der Waals surface area contributed by atoms with Crippen LogP contribution in [-0.2, 0) is 28.8 Å². The third-order valence-corrected chi connectivity index (χ3v) is 6.63. The quantitative estimate of drug-likeness (QED) is 0.568. The van der Waals surface area contributed by atoms with Crippen LogP contribution in [0.2, 0.25) is 0 Å².